The minimum Gasteiger partial charge on any atom is -0.444 e. The summed E-state index contributed by atoms with van der Waals surface area (Å²) in [6.07, 6.45) is 0.907. The average molecular weight is 241 g/mol. The van der Waals surface area contributed by atoms with Gasteiger partial charge in [0.05, 0.1) is 12.9 Å². The largest absolute Gasteiger partial charge is 0.444 e. The van der Waals surface area contributed by atoms with Crippen molar-refractivity contribution in [3.8, 4) is 0 Å². The summed E-state index contributed by atoms with van der Waals surface area (Å²) in [6.45, 7) is 8.12. The van der Waals surface area contributed by atoms with E-state index in [2.05, 4.69) is 10.3 Å². The summed E-state index contributed by atoms with van der Waals surface area (Å²) in [6, 6.07) is -0.616. The molecule has 1 N–H and O–H groups in total. The Labute approximate surface area is 101 Å². The van der Waals surface area contributed by atoms with Gasteiger partial charge < -0.3 is 10.1 Å². The molecule has 6 heteroatoms. The summed E-state index contributed by atoms with van der Waals surface area (Å²) in [4.78, 5) is 28.7. The molecular weight excluding hydrogens is 222 g/mol. The Morgan fingerprint density at radius 3 is 2.59 bits per heavy atom. The normalized spacial score (nSPS) is 16.8. The molecule has 1 aliphatic rings. The monoisotopic (exact) mass is 241 g/mol. The summed E-state index contributed by atoms with van der Waals surface area (Å²) in [5, 5.41) is 2.50. The van der Waals surface area contributed by atoms with Gasteiger partial charge in [-0.2, -0.15) is 0 Å². The standard InChI is InChI=1S/C11H19N3O3/c1-8(9(15)14-6-5-12-7-14)13-10(16)17-11(2,3)4/h7-8H,5-6H2,1-4H3,(H,13,16)/t8-/m0/s1. The van der Waals surface area contributed by atoms with Crippen LogP contribution in [-0.2, 0) is 9.53 Å². The highest BCUT2D eigenvalue weighted by atomic mass is 16.6. The van der Waals surface area contributed by atoms with Crippen LogP contribution in [0.25, 0.3) is 0 Å². The van der Waals surface area contributed by atoms with Crippen LogP contribution in [0.2, 0.25) is 0 Å². The zero-order valence-corrected chi connectivity index (χ0v) is 10.7. The van der Waals surface area contributed by atoms with E-state index in [1.807, 2.05) is 0 Å². The Kier molecular flexibility index (Phi) is 4.09. The Bertz CT molecular complexity index is 333. The van der Waals surface area contributed by atoms with E-state index in [1.54, 1.807) is 27.7 Å². The van der Waals surface area contributed by atoms with Gasteiger partial charge in [-0.3, -0.25) is 14.7 Å². The third-order valence-corrected chi connectivity index (χ3v) is 2.08. The van der Waals surface area contributed by atoms with Gasteiger partial charge in [-0.05, 0) is 27.7 Å². The van der Waals surface area contributed by atoms with Crippen molar-refractivity contribution in [3.05, 3.63) is 0 Å². The summed E-state index contributed by atoms with van der Waals surface area (Å²) in [7, 11) is 0. The van der Waals surface area contributed by atoms with Crippen molar-refractivity contribution in [1.82, 2.24) is 10.2 Å². The molecule has 1 aliphatic heterocycles. The molecular formula is C11H19N3O3. The van der Waals surface area contributed by atoms with Crippen molar-refractivity contribution in [1.29, 1.82) is 0 Å². The molecule has 0 spiro atoms. The van der Waals surface area contributed by atoms with Crippen molar-refractivity contribution in [2.45, 2.75) is 39.3 Å². The maximum Gasteiger partial charge on any atom is 0.408 e. The molecule has 1 heterocycles. The number of aliphatic imine (C=N–C) groups is 1. The van der Waals surface area contributed by atoms with Crippen molar-refractivity contribution < 1.29 is 14.3 Å². The predicted octanol–water partition coefficient (Wildman–Crippen LogP) is 0.770. The molecule has 0 aromatic carbocycles. The molecule has 0 fully saturated rings. The van der Waals surface area contributed by atoms with Gasteiger partial charge in [0.25, 0.3) is 0 Å². The molecule has 17 heavy (non-hydrogen) atoms. The van der Waals surface area contributed by atoms with Crippen LogP contribution in [0.15, 0.2) is 4.99 Å². The minimum absolute atomic E-state index is 0.183. The number of rotatable bonds is 2. The van der Waals surface area contributed by atoms with Crippen LogP contribution in [0.4, 0.5) is 4.79 Å². The summed E-state index contributed by atoms with van der Waals surface area (Å²) < 4.78 is 5.07. The molecule has 96 valence electrons. The molecule has 0 aromatic heterocycles. The summed E-state index contributed by atoms with van der Waals surface area (Å²) in [5.74, 6) is -0.183. The van der Waals surface area contributed by atoms with Crippen molar-refractivity contribution in [2.24, 2.45) is 4.99 Å². The van der Waals surface area contributed by atoms with Crippen molar-refractivity contribution >= 4 is 18.3 Å². The molecule has 2 amide bonds. The number of nitrogens with zero attached hydrogens (tertiary/aromatic N) is 2. The predicted molar refractivity (Wildman–Crippen MR) is 63.9 cm³/mol. The zero-order chi connectivity index (χ0) is 13.1. The number of hydrogen-bond acceptors (Lipinski definition) is 4. The van der Waals surface area contributed by atoms with Crippen molar-refractivity contribution in [2.75, 3.05) is 13.1 Å². The minimum atomic E-state index is -0.616. The third-order valence-electron chi connectivity index (χ3n) is 2.08. The molecule has 0 unspecified atom stereocenters. The molecule has 0 aliphatic carbocycles. The number of ether oxygens (including phenoxy) is 1. The number of carbonyl (C=O) groups excluding carboxylic acids is 2. The lowest BCUT2D eigenvalue weighted by atomic mass is 10.2. The van der Waals surface area contributed by atoms with E-state index >= 15 is 0 Å². The fourth-order valence-corrected chi connectivity index (χ4v) is 1.34. The first-order valence-corrected chi connectivity index (χ1v) is 5.59. The van der Waals surface area contributed by atoms with Gasteiger partial charge in [0.2, 0.25) is 5.91 Å². The molecule has 0 radical (unpaired) electrons. The van der Waals surface area contributed by atoms with E-state index in [-0.39, 0.29) is 5.91 Å². The van der Waals surface area contributed by atoms with Crippen LogP contribution < -0.4 is 5.32 Å². The molecule has 1 rings (SSSR count). The van der Waals surface area contributed by atoms with Gasteiger partial charge in [0, 0.05) is 6.54 Å². The highest BCUT2D eigenvalue weighted by Crippen LogP contribution is 2.07. The van der Waals surface area contributed by atoms with Crippen LogP contribution in [0.1, 0.15) is 27.7 Å². The molecule has 0 saturated heterocycles. The first-order chi connectivity index (χ1) is 7.79. The van der Waals surface area contributed by atoms with Gasteiger partial charge in [0.15, 0.2) is 0 Å². The molecule has 0 saturated carbocycles. The quantitative estimate of drug-likeness (QED) is 0.776. The smallest absolute Gasteiger partial charge is 0.408 e. The Morgan fingerprint density at radius 2 is 2.12 bits per heavy atom. The van der Waals surface area contributed by atoms with E-state index in [0.717, 1.165) is 0 Å². The van der Waals surface area contributed by atoms with E-state index in [4.69, 9.17) is 4.74 Å². The van der Waals surface area contributed by atoms with Crippen LogP contribution in [0.5, 0.6) is 0 Å². The first-order valence-electron chi connectivity index (χ1n) is 5.59. The van der Waals surface area contributed by atoms with Crippen LogP contribution >= 0.6 is 0 Å². The third kappa shape index (κ3) is 4.42. The lowest BCUT2D eigenvalue weighted by Gasteiger charge is -2.23. The number of alkyl carbamates (subject to hydrolysis) is 1. The summed E-state index contributed by atoms with van der Waals surface area (Å²) in [5.41, 5.74) is -0.568. The van der Waals surface area contributed by atoms with E-state index in [0.29, 0.717) is 13.1 Å². The average Bonchev–Trinajstić information content (AvgIpc) is 2.65. The molecule has 0 aromatic rings. The number of hydrogen-bond donors (Lipinski definition) is 1. The van der Waals surface area contributed by atoms with Gasteiger partial charge in [-0.25, -0.2) is 4.79 Å². The second kappa shape index (κ2) is 5.16. The van der Waals surface area contributed by atoms with Crippen LogP contribution in [-0.4, -0.2) is 48.0 Å². The Hall–Kier alpha value is -1.59. The van der Waals surface area contributed by atoms with E-state index < -0.39 is 17.7 Å². The second-order valence-corrected chi connectivity index (χ2v) is 4.92. The first kappa shape index (κ1) is 13.5. The fraction of sp³-hybridized carbons (Fsp3) is 0.727. The molecule has 0 bridgehead atoms. The van der Waals surface area contributed by atoms with E-state index in [1.165, 1.54) is 11.2 Å². The van der Waals surface area contributed by atoms with Crippen LogP contribution in [0.3, 0.4) is 0 Å². The van der Waals surface area contributed by atoms with E-state index in [9.17, 15) is 9.59 Å². The Morgan fingerprint density at radius 1 is 1.47 bits per heavy atom. The number of nitrogens with one attached hydrogen (secondary N) is 1. The maximum absolute atomic E-state index is 11.8. The second-order valence-electron chi connectivity index (χ2n) is 4.92. The van der Waals surface area contributed by atoms with Crippen molar-refractivity contribution in [3.63, 3.8) is 0 Å². The lowest BCUT2D eigenvalue weighted by molar-refractivity contribution is -0.128. The molecule has 1 atom stereocenters. The SMILES string of the molecule is C[C@H](NC(=O)OC(C)(C)C)C(=O)N1C=NCC1. The molecule has 6 nitrogen and oxygen atoms in total. The highest BCUT2D eigenvalue weighted by molar-refractivity contribution is 5.93. The number of amides is 2. The van der Waals surface area contributed by atoms with Gasteiger partial charge in [-0.15, -0.1) is 0 Å². The maximum atomic E-state index is 11.8. The van der Waals surface area contributed by atoms with Gasteiger partial charge in [0.1, 0.15) is 11.6 Å². The topological polar surface area (TPSA) is 71.0 Å². The van der Waals surface area contributed by atoms with Crippen LogP contribution in [0, 0.1) is 0 Å². The zero-order valence-electron chi connectivity index (χ0n) is 10.7. The van der Waals surface area contributed by atoms with Gasteiger partial charge in [-0.1, -0.05) is 0 Å². The fourth-order valence-electron chi connectivity index (χ4n) is 1.34. The van der Waals surface area contributed by atoms with Gasteiger partial charge >= 0.3 is 6.09 Å². The lowest BCUT2D eigenvalue weighted by Crippen LogP contribution is -2.47. The highest BCUT2D eigenvalue weighted by Gasteiger charge is 2.24. The Balaban J connectivity index is 2.43. The summed E-state index contributed by atoms with van der Waals surface area (Å²) >= 11 is 0. The number of carbonyl (C=O) groups is 2.